The zero-order valence-electron chi connectivity index (χ0n) is 18.5. The van der Waals surface area contributed by atoms with Gasteiger partial charge in [-0.25, -0.2) is 0 Å². The van der Waals surface area contributed by atoms with E-state index < -0.39 is 0 Å². The molecule has 1 aromatic carbocycles. The van der Waals surface area contributed by atoms with Gasteiger partial charge in [0.05, 0.1) is 19.8 Å². The quantitative estimate of drug-likeness (QED) is 0.219. The largest absolute Gasteiger partial charge is 0.497 e. The van der Waals surface area contributed by atoms with E-state index in [0.717, 1.165) is 57.5 Å². The number of halogens is 1. The minimum absolute atomic E-state index is 0. The van der Waals surface area contributed by atoms with E-state index in [1.165, 1.54) is 37.7 Å². The number of aliphatic imine (C=N–C) groups is 1. The molecule has 0 bridgehead atoms. The molecule has 0 spiro atoms. The van der Waals surface area contributed by atoms with Gasteiger partial charge in [0.1, 0.15) is 5.75 Å². The van der Waals surface area contributed by atoms with Crippen molar-refractivity contribution in [2.45, 2.75) is 56.5 Å². The minimum Gasteiger partial charge on any atom is -0.497 e. The summed E-state index contributed by atoms with van der Waals surface area (Å²) >= 11 is 0. The Morgan fingerprint density at radius 3 is 2.57 bits per heavy atom. The summed E-state index contributed by atoms with van der Waals surface area (Å²) in [5.41, 5.74) is 1.56. The lowest BCUT2D eigenvalue weighted by Crippen LogP contribution is -2.46. The van der Waals surface area contributed by atoms with E-state index in [0.29, 0.717) is 0 Å². The first-order valence-electron chi connectivity index (χ1n) is 11.0. The molecular weight excluding hydrogens is 493 g/mol. The van der Waals surface area contributed by atoms with Crippen LogP contribution in [0.5, 0.6) is 5.75 Å². The molecule has 1 heterocycles. The van der Waals surface area contributed by atoms with E-state index >= 15 is 0 Å². The highest BCUT2D eigenvalue weighted by Crippen LogP contribution is 2.39. The topological polar surface area (TPSA) is 64.1 Å². The Morgan fingerprint density at radius 1 is 1.17 bits per heavy atom. The maximum absolute atomic E-state index is 5.83. The molecule has 3 rings (SSSR count). The Balaban J connectivity index is 0.00000320. The molecule has 1 unspecified atom stereocenters. The lowest BCUT2D eigenvalue weighted by atomic mass is 9.69. The van der Waals surface area contributed by atoms with Crippen molar-refractivity contribution in [3.8, 4) is 5.75 Å². The van der Waals surface area contributed by atoms with Crippen LogP contribution in [0.15, 0.2) is 29.3 Å². The molecule has 170 valence electrons. The van der Waals surface area contributed by atoms with Crippen LogP contribution in [0.25, 0.3) is 0 Å². The predicted octanol–water partition coefficient (Wildman–Crippen LogP) is 3.88. The van der Waals surface area contributed by atoms with Gasteiger partial charge in [0.15, 0.2) is 5.96 Å². The molecule has 0 aromatic heterocycles. The first-order valence-corrected chi connectivity index (χ1v) is 11.0. The van der Waals surface area contributed by atoms with Gasteiger partial charge in [0.2, 0.25) is 0 Å². The average molecular weight is 531 g/mol. The molecule has 2 fully saturated rings. The third kappa shape index (κ3) is 7.27. The normalized spacial score (nSPS) is 21.0. The second-order valence-corrected chi connectivity index (χ2v) is 8.13. The zero-order valence-corrected chi connectivity index (χ0v) is 20.8. The summed E-state index contributed by atoms with van der Waals surface area (Å²) in [5, 5.41) is 7.01. The van der Waals surface area contributed by atoms with Gasteiger partial charge in [0.25, 0.3) is 0 Å². The smallest absolute Gasteiger partial charge is 0.191 e. The Kier molecular flexibility index (Phi) is 11.2. The fourth-order valence-electron chi connectivity index (χ4n) is 4.39. The third-order valence-corrected chi connectivity index (χ3v) is 6.19. The van der Waals surface area contributed by atoms with Crippen molar-refractivity contribution < 1.29 is 14.2 Å². The summed E-state index contributed by atoms with van der Waals surface area (Å²) in [6.07, 6.45) is 8.57. The standard InChI is InChI=1S/C23H37N3O3.HI/c1-24-22(25-14-6-15-29-21-11-16-28-17-21)26-18-23(12-4-3-5-13-23)19-7-9-20(27-2)10-8-19;/h7-10,21H,3-6,11-18H2,1-2H3,(H2,24,25,26);1H. The van der Waals surface area contributed by atoms with Crippen LogP contribution < -0.4 is 15.4 Å². The molecule has 1 saturated carbocycles. The number of hydrogen-bond acceptors (Lipinski definition) is 4. The monoisotopic (exact) mass is 531 g/mol. The first kappa shape index (κ1) is 25.2. The number of methoxy groups -OCH3 is 1. The second-order valence-electron chi connectivity index (χ2n) is 8.13. The van der Waals surface area contributed by atoms with Crippen molar-refractivity contribution in [2.24, 2.45) is 4.99 Å². The van der Waals surface area contributed by atoms with Crippen molar-refractivity contribution in [3.63, 3.8) is 0 Å². The maximum Gasteiger partial charge on any atom is 0.191 e. The van der Waals surface area contributed by atoms with Crippen molar-refractivity contribution in [2.75, 3.05) is 47.1 Å². The number of guanidine groups is 1. The van der Waals surface area contributed by atoms with E-state index in [1.807, 2.05) is 7.05 Å². The molecule has 2 N–H and O–H groups in total. The summed E-state index contributed by atoms with van der Waals surface area (Å²) in [6.45, 7) is 4.07. The molecule has 6 nitrogen and oxygen atoms in total. The highest BCUT2D eigenvalue weighted by molar-refractivity contribution is 14.0. The number of hydrogen-bond donors (Lipinski definition) is 2. The summed E-state index contributed by atoms with van der Waals surface area (Å²) in [4.78, 5) is 4.41. The summed E-state index contributed by atoms with van der Waals surface area (Å²) < 4.78 is 16.5. The molecule has 1 aliphatic heterocycles. The molecule has 1 saturated heterocycles. The number of ether oxygens (including phenoxy) is 3. The van der Waals surface area contributed by atoms with Crippen LogP contribution in [0.3, 0.4) is 0 Å². The number of nitrogens with one attached hydrogen (secondary N) is 2. The van der Waals surface area contributed by atoms with Gasteiger partial charge in [0, 0.05) is 38.8 Å². The van der Waals surface area contributed by atoms with Crippen LogP contribution in [0.1, 0.15) is 50.5 Å². The molecule has 0 radical (unpaired) electrons. The van der Waals surface area contributed by atoms with Crippen LogP contribution in [-0.4, -0.2) is 59.1 Å². The van der Waals surface area contributed by atoms with Gasteiger partial charge in [-0.2, -0.15) is 0 Å². The van der Waals surface area contributed by atoms with Gasteiger partial charge in [-0.05, 0) is 43.4 Å². The predicted molar refractivity (Wildman–Crippen MR) is 132 cm³/mol. The Morgan fingerprint density at radius 2 is 1.93 bits per heavy atom. The van der Waals surface area contributed by atoms with Gasteiger partial charge >= 0.3 is 0 Å². The van der Waals surface area contributed by atoms with Crippen LogP contribution in [-0.2, 0) is 14.9 Å². The summed E-state index contributed by atoms with van der Waals surface area (Å²) in [6, 6.07) is 8.61. The first-order chi connectivity index (χ1) is 14.3. The summed E-state index contributed by atoms with van der Waals surface area (Å²) in [5.74, 6) is 1.78. The van der Waals surface area contributed by atoms with E-state index in [9.17, 15) is 0 Å². The second kappa shape index (κ2) is 13.4. The molecule has 7 heteroatoms. The van der Waals surface area contributed by atoms with Gasteiger partial charge in [-0.1, -0.05) is 31.4 Å². The highest BCUT2D eigenvalue weighted by Gasteiger charge is 2.34. The highest BCUT2D eigenvalue weighted by atomic mass is 127. The summed E-state index contributed by atoms with van der Waals surface area (Å²) in [7, 11) is 3.55. The number of nitrogens with zero attached hydrogens (tertiary/aromatic N) is 1. The lowest BCUT2D eigenvalue weighted by Gasteiger charge is -2.38. The van der Waals surface area contributed by atoms with E-state index in [-0.39, 0.29) is 35.5 Å². The minimum atomic E-state index is 0. The molecule has 1 aromatic rings. The Labute approximate surface area is 198 Å². The van der Waals surface area contributed by atoms with Crippen LogP contribution in [0.2, 0.25) is 0 Å². The molecule has 1 atom stereocenters. The maximum atomic E-state index is 5.83. The SMILES string of the molecule is CN=C(NCCCOC1CCOC1)NCC1(c2ccc(OC)cc2)CCCCC1.I. The van der Waals surface area contributed by atoms with E-state index in [2.05, 4.69) is 39.9 Å². The van der Waals surface area contributed by atoms with E-state index in [4.69, 9.17) is 14.2 Å². The van der Waals surface area contributed by atoms with Crippen molar-refractivity contribution in [1.29, 1.82) is 0 Å². The lowest BCUT2D eigenvalue weighted by molar-refractivity contribution is 0.0420. The third-order valence-electron chi connectivity index (χ3n) is 6.19. The Bertz CT molecular complexity index is 627. The number of benzene rings is 1. The van der Waals surface area contributed by atoms with Gasteiger partial charge in [-0.3, -0.25) is 4.99 Å². The number of rotatable bonds is 9. The van der Waals surface area contributed by atoms with Crippen molar-refractivity contribution in [3.05, 3.63) is 29.8 Å². The Hall–Kier alpha value is -1.06. The molecule has 1 aliphatic carbocycles. The average Bonchev–Trinajstić information content (AvgIpc) is 3.30. The molecular formula is C23H38IN3O3. The molecule has 0 amide bonds. The van der Waals surface area contributed by atoms with Crippen LogP contribution in [0, 0.1) is 0 Å². The fourth-order valence-corrected chi connectivity index (χ4v) is 4.39. The van der Waals surface area contributed by atoms with Crippen molar-refractivity contribution >= 4 is 29.9 Å². The van der Waals surface area contributed by atoms with Gasteiger partial charge in [-0.15, -0.1) is 24.0 Å². The van der Waals surface area contributed by atoms with Crippen LogP contribution >= 0.6 is 24.0 Å². The zero-order chi connectivity index (χ0) is 20.4. The van der Waals surface area contributed by atoms with Gasteiger partial charge < -0.3 is 24.8 Å². The fraction of sp³-hybridized carbons (Fsp3) is 0.696. The van der Waals surface area contributed by atoms with Crippen molar-refractivity contribution in [1.82, 2.24) is 10.6 Å². The molecule has 2 aliphatic rings. The van der Waals surface area contributed by atoms with E-state index in [1.54, 1.807) is 7.11 Å². The molecule has 30 heavy (non-hydrogen) atoms. The van der Waals surface area contributed by atoms with Crippen LogP contribution in [0.4, 0.5) is 0 Å².